The van der Waals surface area contributed by atoms with Crippen LogP contribution < -0.4 is 15.0 Å². The lowest BCUT2D eigenvalue weighted by atomic mass is 10.1. The molecule has 0 aliphatic heterocycles. The molecule has 4 aromatic rings. The Morgan fingerprint density at radius 1 is 0.897 bits per heavy atom. The van der Waals surface area contributed by atoms with Crippen LogP contribution in [0.25, 0.3) is 11.3 Å². The van der Waals surface area contributed by atoms with Crippen molar-refractivity contribution < 1.29 is 9.47 Å². The number of hydrogen-bond acceptors (Lipinski definition) is 5. The maximum atomic E-state index is 12.9. The lowest BCUT2D eigenvalue weighted by Crippen LogP contribution is -2.20. The van der Waals surface area contributed by atoms with Gasteiger partial charge in [-0.2, -0.15) is 0 Å². The summed E-state index contributed by atoms with van der Waals surface area (Å²) in [7, 11) is 0. The highest BCUT2D eigenvalue weighted by Crippen LogP contribution is 2.29. The van der Waals surface area contributed by atoms with E-state index >= 15 is 0 Å². The van der Waals surface area contributed by atoms with E-state index in [0.717, 1.165) is 17.0 Å². The minimum Gasteiger partial charge on any atom is -0.490 e. The summed E-state index contributed by atoms with van der Waals surface area (Å²) in [6.07, 6.45) is 4.07. The molecule has 0 amide bonds. The smallest absolute Gasteiger partial charge is 0.300 e. The van der Waals surface area contributed by atoms with E-state index in [4.69, 9.17) is 9.47 Å². The van der Waals surface area contributed by atoms with Gasteiger partial charge in [-0.25, -0.2) is 0 Å². The van der Waals surface area contributed by atoms with Gasteiger partial charge in [0.1, 0.15) is 5.82 Å². The zero-order valence-electron chi connectivity index (χ0n) is 16.4. The number of ether oxygens (including phenoxy) is 2. The van der Waals surface area contributed by atoms with E-state index in [9.17, 15) is 4.79 Å². The van der Waals surface area contributed by atoms with Crippen LogP contribution in [0.5, 0.6) is 11.5 Å². The van der Waals surface area contributed by atoms with E-state index in [1.165, 1.54) is 0 Å². The molecule has 0 aliphatic rings. The van der Waals surface area contributed by atoms with Crippen molar-refractivity contribution in [2.24, 2.45) is 0 Å². The van der Waals surface area contributed by atoms with Crippen molar-refractivity contribution in [1.82, 2.24) is 19.2 Å². The predicted molar refractivity (Wildman–Crippen MR) is 110 cm³/mol. The van der Waals surface area contributed by atoms with Crippen molar-refractivity contribution in [2.75, 3.05) is 13.2 Å². The minimum atomic E-state index is -0.209. The second-order valence-electron chi connectivity index (χ2n) is 6.44. The molecule has 7 nitrogen and oxygen atoms in total. The molecule has 148 valence electrons. The molecule has 0 unspecified atom stereocenters. The number of benzene rings is 2. The molecule has 2 heterocycles. The summed E-state index contributed by atoms with van der Waals surface area (Å²) in [5.74, 6) is 2.10. The van der Waals surface area contributed by atoms with Crippen LogP contribution in [0.3, 0.4) is 0 Å². The number of aromatic nitrogens is 4. The summed E-state index contributed by atoms with van der Waals surface area (Å²) in [6, 6.07) is 15.3. The molecule has 2 aromatic heterocycles. The molecule has 0 spiro atoms. The Morgan fingerprint density at radius 2 is 1.66 bits per heavy atom. The van der Waals surface area contributed by atoms with Crippen LogP contribution in [0, 0.1) is 0 Å². The number of nitrogens with zero attached hydrogens (tertiary/aromatic N) is 4. The molecule has 0 N–H and O–H groups in total. The average Bonchev–Trinajstić information content (AvgIpc) is 3.15. The quantitative estimate of drug-likeness (QED) is 0.484. The number of fused-ring (bicyclic) bond motifs is 1. The fraction of sp³-hybridized carbons (Fsp3) is 0.227. The number of para-hydroxylation sites is 1. The monoisotopic (exact) mass is 390 g/mol. The molecule has 0 aliphatic carbocycles. The molecule has 4 rings (SSSR count). The predicted octanol–water partition coefficient (Wildman–Crippen LogP) is 3.27. The first-order chi connectivity index (χ1) is 14.2. The molecule has 0 fully saturated rings. The molecule has 7 heteroatoms. The van der Waals surface area contributed by atoms with Crippen molar-refractivity contribution in [3.05, 3.63) is 82.7 Å². The Balaban J connectivity index is 1.68. The third kappa shape index (κ3) is 3.71. The topological polar surface area (TPSA) is 70.7 Å². The lowest BCUT2D eigenvalue weighted by Gasteiger charge is -2.12. The van der Waals surface area contributed by atoms with Gasteiger partial charge in [-0.1, -0.05) is 24.3 Å². The van der Waals surface area contributed by atoms with Crippen molar-refractivity contribution in [3.63, 3.8) is 0 Å². The lowest BCUT2D eigenvalue weighted by molar-refractivity contribution is 0.287. The molecule has 0 radical (unpaired) electrons. The average molecular weight is 390 g/mol. The van der Waals surface area contributed by atoms with Crippen molar-refractivity contribution in [1.29, 1.82) is 0 Å². The molecular formula is C22H22N4O3. The summed E-state index contributed by atoms with van der Waals surface area (Å²) in [6.45, 7) is 5.00. The Bertz CT molecular complexity index is 1180. The van der Waals surface area contributed by atoms with Crippen molar-refractivity contribution in [2.45, 2.75) is 20.3 Å². The van der Waals surface area contributed by atoms with E-state index in [1.807, 2.05) is 68.6 Å². The fourth-order valence-corrected chi connectivity index (χ4v) is 3.24. The van der Waals surface area contributed by atoms with Gasteiger partial charge in [0.05, 0.1) is 13.2 Å². The van der Waals surface area contributed by atoms with E-state index in [0.29, 0.717) is 36.9 Å². The van der Waals surface area contributed by atoms with Gasteiger partial charge in [-0.05, 0) is 43.7 Å². The molecule has 0 saturated carbocycles. The second-order valence-corrected chi connectivity index (χ2v) is 6.44. The highest BCUT2D eigenvalue weighted by Gasteiger charge is 2.13. The first kappa shape index (κ1) is 18.7. The number of hydrogen-bond donors (Lipinski definition) is 0. The third-order valence-electron chi connectivity index (χ3n) is 4.55. The highest BCUT2D eigenvalue weighted by atomic mass is 16.5. The van der Waals surface area contributed by atoms with Gasteiger partial charge < -0.3 is 9.47 Å². The van der Waals surface area contributed by atoms with Gasteiger partial charge in [-0.3, -0.25) is 13.8 Å². The van der Waals surface area contributed by atoms with Crippen LogP contribution in [0.1, 0.15) is 25.2 Å². The summed E-state index contributed by atoms with van der Waals surface area (Å²) < 4.78 is 14.6. The molecule has 2 aromatic carbocycles. The molecule has 0 saturated heterocycles. The van der Waals surface area contributed by atoms with Gasteiger partial charge >= 0.3 is 5.56 Å². The van der Waals surface area contributed by atoms with Crippen LogP contribution in [-0.2, 0) is 6.42 Å². The minimum absolute atomic E-state index is 0.209. The van der Waals surface area contributed by atoms with Gasteiger partial charge in [0.2, 0.25) is 5.65 Å². The van der Waals surface area contributed by atoms with Crippen LogP contribution in [0.2, 0.25) is 0 Å². The van der Waals surface area contributed by atoms with E-state index in [1.54, 1.807) is 15.2 Å². The Kier molecular flexibility index (Phi) is 5.29. The van der Waals surface area contributed by atoms with Crippen LogP contribution in [0.4, 0.5) is 0 Å². The van der Waals surface area contributed by atoms with Gasteiger partial charge in [-0.15, -0.1) is 10.2 Å². The van der Waals surface area contributed by atoms with E-state index in [-0.39, 0.29) is 5.56 Å². The number of rotatable bonds is 7. The normalized spacial score (nSPS) is 11.0. The molecule has 29 heavy (non-hydrogen) atoms. The summed E-state index contributed by atoms with van der Waals surface area (Å²) >= 11 is 0. The largest absolute Gasteiger partial charge is 0.490 e. The van der Waals surface area contributed by atoms with Crippen LogP contribution >= 0.6 is 0 Å². The third-order valence-corrected chi connectivity index (χ3v) is 4.55. The zero-order chi connectivity index (χ0) is 20.2. The molecule has 0 bridgehead atoms. The van der Waals surface area contributed by atoms with E-state index in [2.05, 4.69) is 10.2 Å². The Labute approximate surface area is 168 Å². The van der Waals surface area contributed by atoms with Gasteiger partial charge in [0.25, 0.3) is 0 Å². The van der Waals surface area contributed by atoms with Crippen molar-refractivity contribution >= 4 is 5.65 Å². The fourth-order valence-electron chi connectivity index (χ4n) is 3.24. The molecular weight excluding hydrogens is 368 g/mol. The van der Waals surface area contributed by atoms with Crippen LogP contribution in [0.15, 0.2) is 65.7 Å². The molecule has 0 atom stereocenters. The summed E-state index contributed by atoms with van der Waals surface area (Å²) in [5.41, 5.74) is 1.87. The zero-order valence-corrected chi connectivity index (χ0v) is 16.4. The van der Waals surface area contributed by atoms with Crippen LogP contribution in [-0.4, -0.2) is 32.4 Å². The maximum Gasteiger partial charge on any atom is 0.300 e. The van der Waals surface area contributed by atoms with Gasteiger partial charge in [0, 0.05) is 24.5 Å². The Morgan fingerprint density at radius 3 is 2.41 bits per heavy atom. The summed E-state index contributed by atoms with van der Waals surface area (Å²) in [4.78, 5) is 12.9. The first-order valence-electron chi connectivity index (χ1n) is 9.60. The summed E-state index contributed by atoms with van der Waals surface area (Å²) in [5, 5.41) is 8.38. The second kappa shape index (κ2) is 8.18. The standard InChI is InChI=1S/C22H22N4O3/c1-3-28-18-11-10-16(14-19(18)29-4-2)15-20-23-24-21-22(27)25(12-13-26(20)21)17-8-6-5-7-9-17/h5-14H,3-4,15H2,1-2H3. The Hall–Kier alpha value is -3.61. The van der Waals surface area contributed by atoms with Gasteiger partial charge in [0.15, 0.2) is 11.5 Å². The SMILES string of the molecule is CCOc1ccc(Cc2nnc3c(=O)n(-c4ccccc4)ccn23)cc1OCC. The maximum absolute atomic E-state index is 12.9. The van der Waals surface area contributed by atoms with E-state index < -0.39 is 0 Å². The highest BCUT2D eigenvalue weighted by molar-refractivity contribution is 5.45. The first-order valence-corrected chi connectivity index (χ1v) is 9.60. The van der Waals surface area contributed by atoms with Crippen molar-refractivity contribution in [3.8, 4) is 17.2 Å².